The number of carbonyl (C=O) groups excluding carboxylic acids is 1. The Morgan fingerprint density at radius 1 is 1.17 bits per heavy atom. The van der Waals surface area contributed by atoms with E-state index in [9.17, 15) is 18.0 Å². The summed E-state index contributed by atoms with van der Waals surface area (Å²) in [5, 5.41) is 0. The summed E-state index contributed by atoms with van der Waals surface area (Å²) < 4.78 is 36.5. The molecule has 0 radical (unpaired) electrons. The maximum absolute atomic E-state index is 12.2. The zero-order valence-corrected chi connectivity index (χ0v) is 11.1. The van der Waals surface area contributed by atoms with E-state index in [1.165, 1.54) is 4.90 Å². The van der Waals surface area contributed by atoms with Crippen molar-refractivity contribution in [2.45, 2.75) is 51.4 Å². The van der Waals surface area contributed by atoms with Crippen molar-refractivity contribution in [2.24, 2.45) is 0 Å². The van der Waals surface area contributed by atoms with Crippen LogP contribution in [0.25, 0.3) is 0 Å². The van der Waals surface area contributed by atoms with Gasteiger partial charge in [-0.15, -0.1) is 0 Å². The minimum atomic E-state index is -4.39. The van der Waals surface area contributed by atoms with Crippen LogP contribution in [0.2, 0.25) is 0 Å². The molecule has 2 heterocycles. The number of likely N-dealkylation sites (tertiary alicyclic amines) is 1. The molecule has 2 atom stereocenters. The van der Waals surface area contributed by atoms with Crippen LogP contribution in [0, 0.1) is 0 Å². The van der Waals surface area contributed by atoms with Gasteiger partial charge in [0.15, 0.2) is 0 Å². The molecule has 2 bridgehead atoms. The molecule has 2 aliphatic rings. The highest BCUT2D eigenvalue weighted by atomic mass is 19.4. The van der Waals surface area contributed by atoms with Gasteiger partial charge in [-0.3, -0.25) is 4.79 Å². The summed E-state index contributed by atoms with van der Waals surface area (Å²) >= 11 is 0. The van der Waals surface area contributed by atoms with Gasteiger partial charge in [0.05, 0.1) is 0 Å². The van der Waals surface area contributed by atoms with E-state index in [4.69, 9.17) is 0 Å². The lowest BCUT2D eigenvalue weighted by atomic mass is 10.2. The lowest BCUT2D eigenvalue weighted by Gasteiger charge is -2.39. The van der Waals surface area contributed by atoms with Crippen LogP contribution in [-0.2, 0) is 4.79 Å². The molecule has 0 aromatic rings. The van der Waals surface area contributed by atoms with Gasteiger partial charge in [0.2, 0.25) is 5.91 Å². The first kappa shape index (κ1) is 15.3. The molecule has 1 amide bonds. The van der Waals surface area contributed by atoms with Gasteiger partial charge in [-0.25, -0.2) is 0 Å². The Balaban J connectivity index is 0.000000771. The zero-order chi connectivity index (χ0) is 13.9. The van der Waals surface area contributed by atoms with Crippen molar-refractivity contribution < 1.29 is 18.0 Å². The number of halogens is 3. The summed E-state index contributed by atoms with van der Waals surface area (Å²) in [5.74, 6) is -0.756. The third-order valence-electron chi connectivity index (χ3n) is 3.30. The molecule has 2 saturated heterocycles. The van der Waals surface area contributed by atoms with E-state index in [0.717, 1.165) is 12.8 Å². The minimum absolute atomic E-state index is 0.0152. The fourth-order valence-corrected chi connectivity index (χ4v) is 2.78. The molecule has 0 saturated carbocycles. The van der Waals surface area contributed by atoms with Crippen molar-refractivity contribution >= 4 is 5.91 Å². The summed E-state index contributed by atoms with van der Waals surface area (Å²) in [6.07, 6.45) is -4.04. The number of alkyl halides is 3. The Hall–Kier alpha value is -0.780. The molecule has 106 valence electrons. The first-order valence-corrected chi connectivity index (χ1v) is 6.43. The van der Waals surface area contributed by atoms with Gasteiger partial charge >= 0.3 is 6.18 Å². The molecular formula is C12H21F3N2O. The fraction of sp³-hybridized carbons (Fsp3) is 0.917. The van der Waals surface area contributed by atoms with Crippen LogP contribution < -0.4 is 0 Å². The van der Waals surface area contributed by atoms with Gasteiger partial charge in [-0.2, -0.15) is 13.2 Å². The molecule has 18 heavy (non-hydrogen) atoms. The smallest absolute Gasteiger partial charge is 0.334 e. The second-order valence-corrected chi connectivity index (χ2v) is 4.70. The molecule has 3 nitrogen and oxygen atoms in total. The highest BCUT2D eigenvalue weighted by molar-refractivity contribution is 5.78. The average molecular weight is 266 g/mol. The molecule has 0 aromatic carbocycles. The van der Waals surface area contributed by atoms with Crippen molar-refractivity contribution in [1.82, 2.24) is 9.80 Å². The first-order chi connectivity index (χ1) is 8.37. The SMILES string of the molecule is CC.CN1CC2CCC(C1)N2C(=O)CC(F)(F)F. The molecule has 2 unspecified atom stereocenters. The highest BCUT2D eigenvalue weighted by Gasteiger charge is 2.44. The van der Waals surface area contributed by atoms with Gasteiger partial charge in [-0.05, 0) is 19.9 Å². The van der Waals surface area contributed by atoms with E-state index in [0.29, 0.717) is 13.1 Å². The van der Waals surface area contributed by atoms with Crippen LogP contribution in [0.4, 0.5) is 13.2 Å². The van der Waals surface area contributed by atoms with Crippen molar-refractivity contribution in [3.8, 4) is 0 Å². The van der Waals surface area contributed by atoms with E-state index in [2.05, 4.69) is 4.90 Å². The Bertz CT molecular complexity index is 280. The fourth-order valence-electron chi connectivity index (χ4n) is 2.78. The van der Waals surface area contributed by atoms with Crippen LogP contribution in [0.15, 0.2) is 0 Å². The van der Waals surface area contributed by atoms with Crippen LogP contribution in [0.5, 0.6) is 0 Å². The first-order valence-electron chi connectivity index (χ1n) is 6.43. The second kappa shape index (κ2) is 5.91. The van der Waals surface area contributed by atoms with E-state index in [-0.39, 0.29) is 12.1 Å². The molecule has 0 spiro atoms. The number of piperazine rings is 1. The van der Waals surface area contributed by atoms with Gasteiger partial charge in [0.1, 0.15) is 6.42 Å². The third kappa shape index (κ3) is 3.60. The number of fused-ring (bicyclic) bond motifs is 2. The maximum Gasteiger partial charge on any atom is 0.397 e. The van der Waals surface area contributed by atoms with Crippen molar-refractivity contribution in [3.05, 3.63) is 0 Å². The predicted molar refractivity (Wildman–Crippen MR) is 63.2 cm³/mol. The van der Waals surface area contributed by atoms with E-state index < -0.39 is 18.5 Å². The maximum atomic E-state index is 12.2. The quantitative estimate of drug-likeness (QED) is 0.727. The van der Waals surface area contributed by atoms with Crippen molar-refractivity contribution in [3.63, 3.8) is 0 Å². The second-order valence-electron chi connectivity index (χ2n) is 4.70. The monoisotopic (exact) mass is 266 g/mol. The molecule has 2 fully saturated rings. The topological polar surface area (TPSA) is 23.6 Å². The Morgan fingerprint density at radius 2 is 1.61 bits per heavy atom. The molecule has 6 heteroatoms. The Labute approximate surface area is 106 Å². The Kier molecular flexibility index (Phi) is 5.01. The van der Waals surface area contributed by atoms with Gasteiger partial charge < -0.3 is 9.80 Å². The van der Waals surface area contributed by atoms with Gasteiger partial charge in [-0.1, -0.05) is 13.8 Å². The molecule has 0 aliphatic carbocycles. The summed E-state index contributed by atoms with van der Waals surface area (Å²) in [5.41, 5.74) is 0. The predicted octanol–water partition coefficient (Wildman–Crippen LogP) is 2.27. The van der Waals surface area contributed by atoms with E-state index in [1.807, 2.05) is 20.9 Å². The Morgan fingerprint density at radius 3 is 2.00 bits per heavy atom. The summed E-state index contributed by atoms with van der Waals surface area (Å²) in [7, 11) is 1.94. The number of hydrogen-bond acceptors (Lipinski definition) is 2. The number of amides is 1. The number of rotatable bonds is 1. The summed E-state index contributed by atoms with van der Waals surface area (Å²) in [4.78, 5) is 15.1. The number of carbonyl (C=O) groups is 1. The van der Waals surface area contributed by atoms with E-state index in [1.54, 1.807) is 0 Å². The molecule has 0 aromatic heterocycles. The van der Waals surface area contributed by atoms with E-state index >= 15 is 0 Å². The number of nitrogens with zero attached hydrogens (tertiary/aromatic N) is 2. The molecule has 0 N–H and O–H groups in total. The lowest BCUT2D eigenvalue weighted by Crippen LogP contribution is -2.55. The van der Waals surface area contributed by atoms with Crippen LogP contribution >= 0.6 is 0 Å². The summed E-state index contributed by atoms with van der Waals surface area (Å²) in [6, 6.07) is -0.0304. The average Bonchev–Trinajstić information content (AvgIpc) is 2.52. The third-order valence-corrected chi connectivity index (χ3v) is 3.30. The lowest BCUT2D eigenvalue weighted by molar-refractivity contribution is -0.165. The molecule has 2 aliphatic heterocycles. The van der Waals surface area contributed by atoms with Gasteiger partial charge in [0, 0.05) is 25.2 Å². The van der Waals surface area contributed by atoms with Crippen LogP contribution in [0.1, 0.15) is 33.1 Å². The summed E-state index contributed by atoms with van der Waals surface area (Å²) in [6.45, 7) is 5.39. The van der Waals surface area contributed by atoms with Crippen molar-refractivity contribution in [2.75, 3.05) is 20.1 Å². The van der Waals surface area contributed by atoms with Crippen LogP contribution in [0.3, 0.4) is 0 Å². The standard InChI is InChI=1S/C10H15F3N2O.C2H6/c1-14-5-7-2-3-8(6-14)15(7)9(16)4-10(11,12)13;1-2/h7-8H,2-6H2,1H3;1-2H3. The van der Waals surface area contributed by atoms with Crippen LogP contribution in [-0.4, -0.2) is 54.1 Å². The largest absolute Gasteiger partial charge is 0.397 e. The number of likely N-dealkylation sites (N-methyl/N-ethyl adjacent to an activating group) is 1. The normalized spacial score (nSPS) is 27.8. The van der Waals surface area contributed by atoms with Gasteiger partial charge in [0.25, 0.3) is 0 Å². The number of hydrogen-bond donors (Lipinski definition) is 0. The zero-order valence-electron chi connectivity index (χ0n) is 11.1. The molecule has 2 rings (SSSR count). The van der Waals surface area contributed by atoms with Crippen molar-refractivity contribution in [1.29, 1.82) is 0 Å². The minimum Gasteiger partial charge on any atom is -0.334 e. The molecular weight excluding hydrogens is 245 g/mol. The highest BCUT2D eigenvalue weighted by Crippen LogP contribution is 2.32.